The van der Waals surface area contributed by atoms with Gasteiger partial charge < -0.3 is 14.4 Å². The van der Waals surface area contributed by atoms with Crippen molar-refractivity contribution in [2.45, 2.75) is 11.8 Å². The second-order valence-electron chi connectivity index (χ2n) is 8.50. The molecular formula is C28H22N2O6S. The minimum atomic E-state index is -4.43. The molecule has 0 aliphatic rings. The number of hydrogen-bond donors (Lipinski definition) is 1. The SMILES string of the molecule is Cc1ccccc1S(=O)(=O)n1c(C(=O)O)cc2c(-c3ccccc3Oc3ccccc3)cn(C)c(=O)c21. The molecule has 0 radical (unpaired) electrons. The number of aryl methyl sites for hydroxylation is 2. The van der Waals surface area contributed by atoms with Gasteiger partial charge in [-0.2, -0.15) is 0 Å². The molecule has 0 unspecified atom stereocenters. The highest BCUT2D eigenvalue weighted by Crippen LogP contribution is 2.38. The summed E-state index contributed by atoms with van der Waals surface area (Å²) >= 11 is 0. The lowest BCUT2D eigenvalue weighted by Gasteiger charge is -2.15. The van der Waals surface area contributed by atoms with Crippen LogP contribution in [0.3, 0.4) is 0 Å². The van der Waals surface area contributed by atoms with Crippen molar-refractivity contribution in [3.63, 3.8) is 0 Å². The number of aromatic carboxylic acids is 1. The summed E-state index contributed by atoms with van der Waals surface area (Å²) in [7, 11) is -2.94. The molecule has 0 amide bonds. The maximum absolute atomic E-state index is 13.8. The van der Waals surface area contributed by atoms with Crippen molar-refractivity contribution in [3.8, 4) is 22.6 Å². The van der Waals surface area contributed by atoms with Crippen molar-refractivity contribution in [2.24, 2.45) is 7.05 Å². The minimum absolute atomic E-state index is 0.0877. The van der Waals surface area contributed by atoms with Gasteiger partial charge in [0, 0.05) is 29.8 Å². The first kappa shape index (κ1) is 24.1. The first-order valence-electron chi connectivity index (χ1n) is 11.3. The Morgan fingerprint density at radius 1 is 0.892 bits per heavy atom. The van der Waals surface area contributed by atoms with Crippen LogP contribution in [0.5, 0.6) is 11.5 Å². The number of ether oxygens (including phenoxy) is 1. The van der Waals surface area contributed by atoms with Crippen molar-refractivity contribution in [1.29, 1.82) is 0 Å². The number of fused-ring (bicyclic) bond motifs is 1. The second-order valence-corrected chi connectivity index (χ2v) is 10.3. The second kappa shape index (κ2) is 9.11. The van der Waals surface area contributed by atoms with Gasteiger partial charge in [-0.05, 0) is 42.8 Å². The van der Waals surface area contributed by atoms with E-state index in [1.54, 1.807) is 67.7 Å². The average molecular weight is 515 g/mol. The average Bonchev–Trinajstić information content (AvgIpc) is 3.30. The summed E-state index contributed by atoms with van der Waals surface area (Å²) in [6.45, 7) is 1.61. The number of benzene rings is 3. The number of carboxylic acids is 1. The van der Waals surface area contributed by atoms with Crippen molar-refractivity contribution >= 4 is 26.9 Å². The molecule has 5 aromatic rings. The molecule has 0 fully saturated rings. The number of rotatable bonds is 6. The summed E-state index contributed by atoms with van der Waals surface area (Å²) < 4.78 is 35.6. The van der Waals surface area contributed by atoms with Gasteiger partial charge in [0.15, 0.2) is 0 Å². The number of hydrogen-bond acceptors (Lipinski definition) is 5. The highest BCUT2D eigenvalue weighted by atomic mass is 32.2. The lowest BCUT2D eigenvalue weighted by atomic mass is 10.0. The molecule has 5 rings (SSSR count). The van der Waals surface area contributed by atoms with E-state index in [0.717, 1.165) is 0 Å². The molecule has 37 heavy (non-hydrogen) atoms. The Balaban J connectivity index is 1.84. The van der Waals surface area contributed by atoms with Gasteiger partial charge in [-0.3, -0.25) is 4.79 Å². The molecule has 1 N–H and O–H groups in total. The van der Waals surface area contributed by atoms with Gasteiger partial charge in [-0.15, -0.1) is 0 Å². The van der Waals surface area contributed by atoms with Crippen LogP contribution in [0.2, 0.25) is 0 Å². The Hall–Kier alpha value is -4.63. The zero-order chi connectivity index (χ0) is 26.3. The van der Waals surface area contributed by atoms with Crippen molar-refractivity contribution < 1.29 is 23.1 Å². The number of aromatic nitrogens is 2. The number of carboxylic acid groups (broad SMARTS) is 1. The molecule has 2 aromatic heterocycles. The van der Waals surface area contributed by atoms with E-state index >= 15 is 0 Å². The highest BCUT2D eigenvalue weighted by Gasteiger charge is 2.31. The normalized spacial score (nSPS) is 11.5. The summed E-state index contributed by atoms with van der Waals surface area (Å²) in [5.41, 5.74) is -0.00114. The van der Waals surface area contributed by atoms with Gasteiger partial charge in [-0.25, -0.2) is 17.2 Å². The Kier molecular flexibility index (Phi) is 5.93. The van der Waals surface area contributed by atoms with Crippen molar-refractivity contribution in [2.75, 3.05) is 0 Å². The Bertz CT molecular complexity index is 1840. The zero-order valence-corrected chi connectivity index (χ0v) is 20.8. The summed E-state index contributed by atoms with van der Waals surface area (Å²) in [6.07, 6.45) is 1.55. The molecule has 2 heterocycles. The molecule has 3 aromatic carbocycles. The fourth-order valence-electron chi connectivity index (χ4n) is 4.34. The molecule has 186 valence electrons. The van der Waals surface area contributed by atoms with Gasteiger partial charge >= 0.3 is 5.97 Å². The molecule has 0 saturated heterocycles. The summed E-state index contributed by atoms with van der Waals surface area (Å²) in [4.78, 5) is 25.6. The number of carbonyl (C=O) groups is 1. The van der Waals surface area contributed by atoms with Crippen LogP contribution < -0.4 is 10.3 Å². The molecule has 0 spiro atoms. The maximum Gasteiger partial charge on any atom is 0.353 e. The van der Waals surface area contributed by atoms with Gasteiger partial charge in [0.25, 0.3) is 15.6 Å². The summed E-state index contributed by atoms with van der Waals surface area (Å²) in [5.74, 6) is -0.433. The van der Waals surface area contributed by atoms with E-state index < -0.39 is 27.2 Å². The third-order valence-corrected chi connectivity index (χ3v) is 7.95. The molecule has 0 aliphatic heterocycles. The van der Waals surface area contributed by atoms with E-state index in [-0.39, 0.29) is 15.8 Å². The van der Waals surface area contributed by atoms with Crippen LogP contribution in [-0.4, -0.2) is 28.0 Å². The van der Waals surface area contributed by atoms with Crippen LogP contribution in [0.25, 0.3) is 22.0 Å². The summed E-state index contributed by atoms with van der Waals surface area (Å²) in [5, 5.41) is 10.2. The fourth-order valence-corrected chi connectivity index (χ4v) is 6.07. The number of para-hydroxylation sites is 2. The molecule has 8 nitrogen and oxygen atoms in total. The molecule has 0 aliphatic carbocycles. The van der Waals surface area contributed by atoms with Crippen LogP contribution >= 0.6 is 0 Å². The first-order valence-corrected chi connectivity index (χ1v) is 12.8. The van der Waals surface area contributed by atoms with Gasteiger partial charge in [-0.1, -0.05) is 54.6 Å². The lowest BCUT2D eigenvalue weighted by Crippen LogP contribution is -2.25. The van der Waals surface area contributed by atoms with E-state index in [9.17, 15) is 23.1 Å². The summed E-state index contributed by atoms with van der Waals surface area (Å²) in [6, 6.07) is 23.7. The topological polar surface area (TPSA) is 108 Å². The number of pyridine rings is 1. The van der Waals surface area contributed by atoms with Crippen LogP contribution in [0, 0.1) is 6.92 Å². The Labute approximate surface area is 212 Å². The maximum atomic E-state index is 13.8. The van der Waals surface area contributed by atoms with E-state index in [2.05, 4.69) is 0 Å². The van der Waals surface area contributed by atoms with E-state index in [1.165, 1.54) is 23.7 Å². The quantitative estimate of drug-likeness (QED) is 0.340. The first-order chi connectivity index (χ1) is 17.7. The standard InChI is InChI=1S/C28H22N2O6S/c1-18-10-6-9-15-25(18)37(34,35)30-23(28(32)33)16-21-22(17-29(2)27(31)26(21)30)20-13-7-8-14-24(20)36-19-11-4-3-5-12-19/h3-17H,1-2H3,(H,32,33). The van der Waals surface area contributed by atoms with Gasteiger partial charge in [0.2, 0.25) is 0 Å². The monoisotopic (exact) mass is 514 g/mol. The minimum Gasteiger partial charge on any atom is -0.477 e. The smallest absolute Gasteiger partial charge is 0.353 e. The van der Waals surface area contributed by atoms with E-state index in [0.29, 0.717) is 32.2 Å². The molecular weight excluding hydrogens is 492 g/mol. The molecule has 0 saturated carbocycles. The van der Waals surface area contributed by atoms with Crippen molar-refractivity contribution in [3.05, 3.63) is 113 Å². The third kappa shape index (κ3) is 4.09. The van der Waals surface area contributed by atoms with Crippen LogP contribution in [-0.2, 0) is 17.1 Å². The van der Waals surface area contributed by atoms with Gasteiger partial charge in [0.05, 0.1) is 4.90 Å². The van der Waals surface area contributed by atoms with Crippen LogP contribution in [0.15, 0.2) is 101 Å². The van der Waals surface area contributed by atoms with Crippen LogP contribution in [0.1, 0.15) is 16.1 Å². The van der Waals surface area contributed by atoms with E-state index in [4.69, 9.17) is 4.74 Å². The molecule has 9 heteroatoms. The van der Waals surface area contributed by atoms with Crippen molar-refractivity contribution in [1.82, 2.24) is 8.54 Å². The Morgan fingerprint density at radius 3 is 2.24 bits per heavy atom. The Morgan fingerprint density at radius 2 is 1.54 bits per heavy atom. The predicted molar refractivity (Wildman–Crippen MR) is 140 cm³/mol. The van der Waals surface area contributed by atoms with Gasteiger partial charge in [0.1, 0.15) is 22.7 Å². The molecule has 0 bridgehead atoms. The van der Waals surface area contributed by atoms with E-state index in [1.807, 2.05) is 18.2 Å². The lowest BCUT2D eigenvalue weighted by molar-refractivity contribution is 0.0689. The zero-order valence-electron chi connectivity index (χ0n) is 20.0. The fraction of sp³-hybridized carbons (Fsp3) is 0.0714. The largest absolute Gasteiger partial charge is 0.477 e. The number of nitrogens with zero attached hydrogens (tertiary/aromatic N) is 2. The highest BCUT2D eigenvalue weighted by molar-refractivity contribution is 7.90. The van der Waals surface area contributed by atoms with Crippen LogP contribution in [0.4, 0.5) is 0 Å². The molecule has 0 atom stereocenters. The predicted octanol–water partition coefficient (Wildman–Crippen LogP) is 5.04. The third-order valence-electron chi connectivity index (χ3n) is 6.07.